The van der Waals surface area contributed by atoms with Gasteiger partial charge in [-0.05, 0) is 19.9 Å². The van der Waals surface area contributed by atoms with Gasteiger partial charge in [-0.1, -0.05) is 12.1 Å². The fraction of sp³-hybridized carbons (Fsp3) is 0.273. The number of benzene rings is 1. The topological polar surface area (TPSA) is 43.4 Å². The highest BCUT2D eigenvalue weighted by molar-refractivity contribution is 5.96. The molecular formula is C11H10O3. The quantitative estimate of drug-likeness (QED) is 0.501. The standard InChI is InChI=1S/C11H10O3/c1-11(2)9-4-3-7(6-12)5-8(9)10(13)14-11/h3-6H,1-2H3. The molecule has 1 aliphatic heterocycles. The average molecular weight is 190 g/mol. The van der Waals surface area contributed by atoms with Crippen LogP contribution in [0.15, 0.2) is 18.2 Å². The predicted octanol–water partition coefficient (Wildman–Crippen LogP) is 1.90. The normalized spacial score (nSPS) is 17.4. The van der Waals surface area contributed by atoms with E-state index in [1.165, 1.54) is 0 Å². The minimum Gasteiger partial charge on any atom is -0.451 e. The van der Waals surface area contributed by atoms with Crippen molar-refractivity contribution in [1.82, 2.24) is 0 Å². The first-order valence-electron chi connectivity index (χ1n) is 4.37. The Morgan fingerprint density at radius 1 is 1.36 bits per heavy atom. The summed E-state index contributed by atoms with van der Waals surface area (Å²) in [5.41, 5.74) is 1.26. The fourth-order valence-electron chi connectivity index (χ4n) is 1.67. The molecule has 72 valence electrons. The van der Waals surface area contributed by atoms with Crippen molar-refractivity contribution in [3.05, 3.63) is 34.9 Å². The number of hydrogen-bond donors (Lipinski definition) is 0. The van der Waals surface area contributed by atoms with Crippen LogP contribution in [0.4, 0.5) is 0 Å². The number of hydrogen-bond acceptors (Lipinski definition) is 3. The second-order valence-electron chi connectivity index (χ2n) is 3.82. The van der Waals surface area contributed by atoms with E-state index in [4.69, 9.17) is 4.74 Å². The minimum absolute atomic E-state index is 0.353. The third kappa shape index (κ3) is 1.13. The molecule has 1 aliphatic rings. The fourth-order valence-corrected chi connectivity index (χ4v) is 1.67. The Labute approximate surface area is 81.7 Å². The summed E-state index contributed by atoms with van der Waals surface area (Å²) in [6.07, 6.45) is 0.721. The second kappa shape index (κ2) is 2.67. The molecular weight excluding hydrogens is 180 g/mol. The Hall–Kier alpha value is -1.64. The maximum absolute atomic E-state index is 11.4. The van der Waals surface area contributed by atoms with E-state index in [0.29, 0.717) is 11.1 Å². The molecule has 0 radical (unpaired) electrons. The van der Waals surface area contributed by atoms with Crippen LogP contribution in [0.25, 0.3) is 0 Å². The predicted molar refractivity (Wildman–Crippen MR) is 50.3 cm³/mol. The van der Waals surface area contributed by atoms with Crippen molar-refractivity contribution in [1.29, 1.82) is 0 Å². The lowest BCUT2D eigenvalue weighted by atomic mass is 9.95. The van der Waals surface area contributed by atoms with Crippen molar-refractivity contribution in [3.8, 4) is 0 Å². The first-order valence-corrected chi connectivity index (χ1v) is 4.37. The zero-order valence-corrected chi connectivity index (χ0v) is 8.03. The first-order chi connectivity index (χ1) is 6.54. The lowest BCUT2D eigenvalue weighted by Gasteiger charge is -2.17. The summed E-state index contributed by atoms with van der Waals surface area (Å²) in [4.78, 5) is 21.9. The SMILES string of the molecule is CC1(C)OC(=O)c2cc(C=O)ccc21. The monoisotopic (exact) mass is 190 g/mol. The summed E-state index contributed by atoms with van der Waals surface area (Å²) in [7, 11) is 0. The summed E-state index contributed by atoms with van der Waals surface area (Å²) >= 11 is 0. The Bertz CT molecular complexity index is 419. The van der Waals surface area contributed by atoms with E-state index < -0.39 is 5.60 Å². The van der Waals surface area contributed by atoms with Gasteiger partial charge in [-0.3, -0.25) is 4.79 Å². The van der Waals surface area contributed by atoms with E-state index in [1.54, 1.807) is 18.2 Å². The van der Waals surface area contributed by atoms with Crippen LogP contribution < -0.4 is 0 Å². The van der Waals surface area contributed by atoms with Crippen LogP contribution in [-0.4, -0.2) is 12.3 Å². The minimum atomic E-state index is -0.576. The molecule has 2 rings (SSSR count). The molecule has 0 fully saturated rings. The molecule has 0 bridgehead atoms. The van der Waals surface area contributed by atoms with Gasteiger partial charge in [0.2, 0.25) is 0 Å². The molecule has 0 spiro atoms. The number of fused-ring (bicyclic) bond motifs is 1. The number of carbonyl (C=O) groups is 2. The van der Waals surface area contributed by atoms with Gasteiger partial charge >= 0.3 is 5.97 Å². The molecule has 0 saturated heterocycles. The van der Waals surface area contributed by atoms with E-state index in [2.05, 4.69) is 0 Å². The highest BCUT2D eigenvalue weighted by atomic mass is 16.6. The van der Waals surface area contributed by atoms with Crippen LogP contribution in [0, 0.1) is 0 Å². The Balaban J connectivity index is 2.63. The third-order valence-corrected chi connectivity index (χ3v) is 2.40. The molecule has 3 nitrogen and oxygen atoms in total. The molecule has 3 heteroatoms. The Morgan fingerprint density at radius 3 is 2.71 bits per heavy atom. The number of ether oxygens (including phenoxy) is 1. The van der Waals surface area contributed by atoms with Crippen molar-refractivity contribution in [2.24, 2.45) is 0 Å². The Morgan fingerprint density at radius 2 is 2.07 bits per heavy atom. The van der Waals surface area contributed by atoms with Gasteiger partial charge in [-0.2, -0.15) is 0 Å². The molecule has 0 atom stereocenters. The molecule has 0 aliphatic carbocycles. The number of rotatable bonds is 1. The van der Waals surface area contributed by atoms with Gasteiger partial charge in [-0.15, -0.1) is 0 Å². The van der Waals surface area contributed by atoms with Gasteiger partial charge in [0.15, 0.2) is 0 Å². The average Bonchev–Trinajstić information content (AvgIpc) is 2.37. The van der Waals surface area contributed by atoms with Crippen LogP contribution in [0.3, 0.4) is 0 Å². The van der Waals surface area contributed by atoms with E-state index in [9.17, 15) is 9.59 Å². The molecule has 14 heavy (non-hydrogen) atoms. The number of carbonyl (C=O) groups excluding carboxylic acids is 2. The highest BCUT2D eigenvalue weighted by Crippen LogP contribution is 2.35. The smallest absolute Gasteiger partial charge is 0.339 e. The molecule has 0 saturated carbocycles. The third-order valence-electron chi connectivity index (χ3n) is 2.40. The highest BCUT2D eigenvalue weighted by Gasteiger charge is 2.37. The summed E-state index contributed by atoms with van der Waals surface area (Å²) < 4.78 is 5.16. The van der Waals surface area contributed by atoms with Gasteiger partial charge in [-0.25, -0.2) is 4.79 Å². The van der Waals surface area contributed by atoms with Crippen molar-refractivity contribution in [2.45, 2.75) is 19.4 Å². The van der Waals surface area contributed by atoms with E-state index in [-0.39, 0.29) is 5.97 Å². The second-order valence-corrected chi connectivity index (χ2v) is 3.82. The van der Waals surface area contributed by atoms with Gasteiger partial charge in [0.05, 0.1) is 5.56 Å². The van der Waals surface area contributed by atoms with Gasteiger partial charge in [0.1, 0.15) is 11.9 Å². The molecule has 1 aromatic rings. The lowest BCUT2D eigenvalue weighted by molar-refractivity contribution is 0.00954. The van der Waals surface area contributed by atoms with Crippen molar-refractivity contribution >= 4 is 12.3 Å². The van der Waals surface area contributed by atoms with Gasteiger partial charge < -0.3 is 4.74 Å². The first kappa shape index (κ1) is 8.94. The summed E-state index contributed by atoms with van der Waals surface area (Å²) in [6, 6.07) is 5.03. The molecule has 1 heterocycles. The Kier molecular flexibility index (Phi) is 1.71. The zero-order chi connectivity index (χ0) is 10.3. The summed E-state index contributed by atoms with van der Waals surface area (Å²) in [5, 5.41) is 0. The molecule has 0 N–H and O–H groups in total. The van der Waals surface area contributed by atoms with Crippen LogP contribution in [0.2, 0.25) is 0 Å². The lowest BCUT2D eigenvalue weighted by Crippen LogP contribution is -2.15. The van der Waals surface area contributed by atoms with E-state index >= 15 is 0 Å². The van der Waals surface area contributed by atoms with E-state index in [0.717, 1.165) is 11.8 Å². The molecule has 0 aromatic heterocycles. The number of cyclic esters (lactones) is 1. The number of esters is 1. The molecule has 1 aromatic carbocycles. The molecule has 0 unspecified atom stereocenters. The van der Waals surface area contributed by atoms with Crippen LogP contribution >= 0.6 is 0 Å². The number of aldehydes is 1. The van der Waals surface area contributed by atoms with Crippen molar-refractivity contribution in [3.63, 3.8) is 0 Å². The van der Waals surface area contributed by atoms with Crippen LogP contribution in [0.5, 0.6) is 0 Å². The van der Waals surface area contributed by atoms with Gasteiger partial charge in [0.25, 0.3) is 0 Å². The maximum Gasteiger partial charge on any atom is 0.339 e. The zero-order valence-electron chi connectivity index (χ0n) is 8.03. The summed E-state index contributed by atoms with van der Waals surface area (Å²) in [5.74, 6) is -0.353. The molecule has 0 amide bonds. The van der Waals surface area contributed by atoms with Crippen molar-refractivity contribution in [2.75, 3.05) is 0 Å². The van der Waals surface area contributed by atoms with Crippen LogP contribution in [0.1, 0.15) is 40.1 Å². The van der Waals surface area contributed by atoms with Crippen LogP contribution in [-0.2, 0) is 10.3 Å². The summed E-state index contributed by atoms with van der Waals surface area (Å²) in [6.45, 7) is 3.66. The maximum atomic E-state index is 11.4. The largest absolute Gasteiger partial charge is 0.451 e. The van der Waals surface area contributed by atoms with Gasteiger partial charge in [0, 0.05) is 11.1 Å². The van der Waals surface area contributed by atoms with E-state index in [1.807, 2.05) is 13.8 Å². The van der Waals surface area contributed by atoms with Crippen molar-refractivity contribution < 1.29 is 14.3 Å².